The molecule has 0 bridgehead atoms. The summed E-state index contributed by atoms with van der Waals surface area (Å²) in [5, 5.41) is 11.4. The van der Waals surface area contributed by atoms with Crippen molar-refractivity contribution in [3.8, 4) is 0 Å². The van der Waals surface area contributed by atoms with Crippen LogP contribution in [0.15, 0.2) is 18.2 Å². The molecule has 0 heterocycles. The molecule has 2 N–H and O–H groups in total. The molecule has 0 saturated carbocycles. The number of aromatic carboxylic acids is 1. The molecule has 1 aromatic carbocycles. The summed E-state index contributed by atoms with van der Waals surface area (Å²) in [5.41, 5.74) is -0.483. The van der Waals surface area contributed by atoms with Crippen LogP contribution in [0.25, 0.3) is 0 Å². The predicted octanol–water partition coefficient (Wildman–Crippen LogP) is 3.68. The van der Waals surface area contributed by atoms with E-state index in [-0.39, 0.29) is 23.1 Å². The summed E-state index contributed by atoms with van der Waals surface area (Å²) in [7, 11) is 0. The Bertz CT molecular complexity index is 488. The molecule has 1 rings (SSSR count). The largest absolute Gasteiger partial charge is 0.478 e. The maximum Gasteiger partial charge on any atom is 0.337 e. The number of nitrogens with one attached hydrogen (secondary N) is 1. The number of hydrogen-bond donors (Lipinski definition) is 2. The molecule has 0 saturated heterocycles. The summed E-state index contributed by atoms with van der Waals surface area (Å²) >= 11 is 0. The minimum absolute atomic E-state index is 0.226. The van der Waals surface area contributed by atoms with E-state index in [4.69, 9.17) is 5.11 Å². The monoisotopic (exact) mass is 281 g/mol. The van der Waals surface area contributed by atoms with Gasteiger partial charge in [0.2, 0.25) is 5.91 Å². The van der Waals surface area contributed by atoms with E-state index in [1.165, 1.54) is 12.1 Å². The van der Waals surface area contributed by atoms with E-state index < -0.39 is 11.8 Å². The normalized spacial score (nSPS) is 11.9. The fourth-order valence-corrected chi connectivity index (χ4v) is 2.03. The zero-order chi connectivity index (χ0) is 15.1. The van der Waals surface area contributed by atoms with Gasteiger partial charge < -0.3 is 10.4 Å². The number of carbonyl (C=O) groups is 2. The van der Waals surface area contributed by atoms with Gasteiger partial charge >= 0.3 is 5.97 Å². The van der Waals surface area contributed by atoms with E-state index >= 15 is 0 Å². The summed E-state index contributed by atoms with van der Waals surface area (Å²) in [6, 6.07) is 3.71. The topological polar surface area (TPSA) is 66.4 Å². The Morgan fingerprint density at radius 1 is 1.35 bits per heavy atom. The van der Waals surface area contributed by atoms with Crippen LogP contribution in [0.4, 0.5) is 10.1 Å². The highest BCUT2D eigenvalue weighted by Crippen LogP contribution is 2.22. The van der Waals surface area contributed by atoms with Crippen molar-refractivity contribution in [3.05, 3.63) is 29.6 Å². The highest BCUT2D eigenvalue weighted by Gasteiger charge is 2.21. The number of unbranched alkanes of at least 4 members (excludes halogenated alkanes) is 1. The van der Waals surface area contributed by atoms with Gasteiger partial charge in [-0.2, -0.15) is 0 Å². The van der Waals surface area contributed by atoms with Gasteiger partial charge in [-0.3, -0.25) is 4.79 Å². The van der Waals surface area contributed by atoms with Crippen molar-refractivity contribution in [2.75, 3.05) is 5.32 Å². The van der Waals surface area contributed by atoms with Crippen LogP contribution in [-0.4, -0.2) is 17.0 Å². The van der Waals surface area contributed by atoms with E-state index in [1.807, 2.05) is 13.8 Å². The third-order valence-corrected chi connectivity index (χ3v) is 3.26. The number of halogens is 1. The molecule has 1 amide bonds. The van der Waals surface area contributed by atoms with Gasteiger partial charge in [-0.1, -0.05) is 32.8 Å². The smallest absolute Gasteiger partial charge is 0.337 e. The summed E-state index contributed by atoms with van der Waals surface area (Å²) in [6.45, 7) is 3.92. The Morgan fingerprint density at radius 2 is 2.05 bits per heavy atom. The molecule has 1 aromatic rings. The average molecular weight is 281 g/mol. The van der Waals surface area contributed by atoms with Gasteiger partial charge in [-0.15, -0.1) is 0 Å². The van der Waals surface area contributed by atoms with Crippen LogP contribution < -0.4 is 5.32 Å². The molecule has 0 aromatic heterocycles. The highest BCUT2D eigenvalue weighted by atomic mass is 19.1. The second-order valence-corrected chi connectivity index (χ2v) is 4.70. The van der Waals surface area contributed by atoms with Crippen LogP contribution in [0.3, 0.4) is 0 Å². The molecule has 0 aliphatic carbocycles. The molecule has 0 aliphatic heterocycles. The summed E-state index contributed by atoms with van der Waals surface area (Å²) in [4.78, 5) is 23.2. The first-order chi connectivity index (χ1) is 9.51. The van der Waals surface area contributed by atoms with Crippen LogP contribution in [0.2, 0.25) is 0 Å². The van der Waals surface area contributed by atoms with Crippen molar-refractivity contribution in [2.45, 2.75) is 39.5 Å². The highest BCUT2D eigenvalue weighted by molar-refractivity contribution is 6.01. The number of amides is 1. The zero-order valence-electron chi connectivity index (χ0n) is 11.8. The maximum absolute atomic E-state index is 13.7. The third kappa shape index (κ3) is 4.05. The van der Waals surface area contributed by atoms with Gasteiger partial charge in [0.05, 0.1) is 11.3 Å². The quantitative estimate of drug-likeness (QED) is 0.801. The molecular formula is C15H20FNO3. The molecular weight excluding hydrogens is 261 g/mol. The molecule has 0 aliphatic rings. The van der Waals surface area contributed by atoms with Gasteiger partial charge in [0, 0.05) is 5.92 Å². The van der Waals surface area contributed by atoms with Crippen LogP contribution in [0.1, 0.15) is 49.9 Å². The first-order valence-electron chi connectivity index (χ1n) is 6.83. The van der Waals surface area contributed by atoms with Crippen LogP contribution in [0, 0.1) is 11.7 Å². The van der Waals surface area contributed by atoms with Crippen LogP contribution in [-0.2, 0) is 4.79 Å². The fraction of sp³-hybridized carbons (Fsp3) is 0.467. The number of rotatable bonds is 7. The minimum atomic E-state index is -1.26. The molecule has 0 radical (unpaired) electrons. The second kappa shape index (κ2) is 7.62. The average Bonchev–Trinajstić information content (AvgIpc) is 2.41. The van der Waals surface area contributed by atoms with Gasteiger partial charge in [-0.25, -0.2) is 9.18 Å². The minimum Gasteiger partial charge on any atom is -0.478 e. The van der Waals surface area contributed by atoms with Gasteiger partial charge in [0.1, 0.15) is 5.82 Å². The van der Waals surface area contributed by atoms with Crippen molar-refractivity contribution in [1.82, 2.24) is 0 Å². The third-order valence-electron chi connectivity index (χ3n) is 3.26. The SMILES string of the molecule is CCCCC(CC)C(=O)Nc1c(F)cccc1C(=O)O. The lowest BCUT2D eigenvalue weighted by Crippen LogP contribution is -2.24. The van der Waals surface area contributed by atoms with Gasteiger partial charge in [-0.05, 0) is 25.0 Å². The molecule has 0 fully saturated rings. The number of carbonyl (C=O) groups excluding carboxylic acids is 1. The first kappa shape index (κ1) is 16.1. The molecule has 110 valence electrons. The van der Waals surface area contributed by atoms with E-state index in [0.717, 1.165) is 25.3 Å². The Hall–Kier alpha value is -1.91. The van der Waals surface area contributed by atoms with Crippen molar-refractivity contribution >= 4 is 17.6 Å². The zero-order valence-corrected chi connectivity index (χ0v) is 11.8. The molecule has 1 atom stereocenters. The van der Waals surface area contributed by atoms with Crippen LogP contribution >= 0.6 is 0 Å². The fourth-order valence-electron chi connectivity index (χ4n) is 2.03. The van der Waals surface area contributed by atoms with E-state index in [2.05, 4.69) is 5.32 Å². The van der Waals surface area contributed by atoms with Gasteiger partial charge in [0.15, 0.2) is 0 Å². The second-order valence-electron chi connectivity index (χ2n) is 4.70. The Labute approximate surface area is 118 Å². The first-order valence-corrected chi connectivity index (χ1v) is 6.83. The lowest BCUT2D eigenvalue weighted by Gasteiger charge is -2.16. The number of hydrogen-bond acceptors (Lipinski definition) is 2. The van der Waals surface area contributed by atoms with Gasteiger partial charge in [0.25, 0.3) is 0 Å². The van der Waals surface area contributed by atoms with Crippen molar-refractivity contribution in [3.63, 3.8) is 0 Å². The number of anilines is 1. The van der Waals surface area contributed by atoms with Crippen LogP contribution in [0.5, 0.6) is 0 Å². The summed E-state index contributed by atoms with van der Waals surface area (Å²) in [5.74, 6) is -2.55. The van der Waals surface area contributed by atoms with Crippen molar-refractivity contribution in [1.29, 1.82) is 0 Å². The number of para-hydroxylation sites is 1. The Kier molecular flexibility index (Phi) is 6.15. The van der Waals surface area contributed by atoms with Crippen molar-refractivity contribution < 1.29 is 19.1 Å². The maximum atomic E-state index is 13.7. The molecule has 4 nitrogen and oxygen atoms in total. The predicted molar refractivity (Wildman–Crippen MR) is 75.3 cm³/mol. The van der Waals surface area contributed by atoms with E-state index in [1.54, 1.807) is 0 Å². The van der Waals surface area contributed by atoms with E-state index in [9.17, 15) is 14.0 Å². The number of benzene rings is 1. The van der Waals surface area contributed by atoms with Crippen molar-refractivity contribution in [2.24, 2.45) is 5.92 Å². The lowest BCUT2D eigenvalue weighted by atomic mass is 9.98. The molecule has 0 spiro atoms. The number of carboxylic acid groups (broad SMARTS) is 1. The molecule has 20 heavy (non-hydrogen) atoms. The summed E-state index contributed by atoms with van der Waals surface area (Å²) in [6.07, 6.45) is 3.25. The summed E-state index contributed by atoms with van der Waals surface area (Å²) < 4.78 is 13.7. The molecule has 5 heteroatoms. The Morgan fingerprint density at radius 3 is 2.60 bits per heavy atom. The number of carboxylic acids is 1. The standard InChI is InChI=1S/C15H20FNO3/c1-3-5-7-10(4-2)14(18)17-13-11(15(19)20)8-6-9-12(13)16/h6,8-10H,3-5,7H2,1-2H3,(H,17,18)(H,19,20). The Balaban J connectivity index is 2.92. The lowest BCUT2D eigenvalue weighted by molar-refractivity contribution is -0.120. The molecule has 1 unspecified atom stereocenters. The van der Waals surface area contributed by atoms with E-state index in [0.29, 0.717) is 6.42 Å².